The second-order valence-electron chi connectivity index (χ2n) is 10.8. The van der Waals surface area contributed by atoms with Crippen molar-refractivity contribution in [3.63, 3.8) is 0 Å². The Morgan fingerprint density at radius 1 is 0.735 bits per heavy atom. The number of rotatable bonds is 10. The van der Waals surface area contributed by atoms with Crippen LogP contribution in [-0.2, 0) is 32.2 Å². The Kier molecular flexibility index (Phi) is 16.0. The summed E-state index contributed by atoms with van der Waals surface area (Å²) in [6.45, 7) is 5.25. The van der Waals surface area contributed by atoms with Crippen LogP contribution in [-0.4, -0.2) is 46.1 Å². The fourth-order valence-electron chi connectivity index (χ4n) is 3.63. The van der Waals surface area contributed by atoms with Crippen LogP contribution in [0.15, 0.2) is 97.3 Å². The number of nitrogens with one attached hydrogen (secondary N) is 3. The summed E-state index contributed by atoms with van der Waals surface area (Å²) < 4.78 is 15.2. The predicted octanol–water partition coefficient (Wildman–Crippen LogP) is 1.79. The van der Waals surface area contributed by atoms with Crippen LogP contribution in [0.3, 0.4) is 0 Å². The molecule has 0 saturated heterocycles. The molecule has 0 spiro atoms. The summed E-state index contributed by atoms with van der Waals surface area (Å²) in [7, 11) is 0. The third-order valence-corrected chi connectivity index (χ3v) is 5.80. The van der Waals surface area contributed by atoms with Gasteiger partial charge in [0.25, 0.3) is 0 Å². The van der Waals surface area contributed by atoms with Gasteiger partial charge in [-0.1, -0.05) is 60.7 Å². The van der Waals surface area contributed by atoms with Crippen molar-refractivity contribution >= 4 is 41.9 Å². The average Bonchev–Trinajstić information content (AvgIpc) is 3.06. The first-order valence-corrected chi connectivity index (χ1v) is 14.4. The molecule has 2 heterocycles. The maximum absolute atomic E-state index is 11.9. The normalized spacial score (nSPS) is 10.8. The van der Waals surface area contributed by atoms with Crippen LogP contribution >= 0.6 is 0 Å². The minimum absolute atomic E-state index is 0. The van der Waals surface area contributed by atoms with Gasteiger partial charge in [0, 0.05) is 0 Å². The van der Waals surface area contributed by atoms with Crippen LogP contribution in [0.2, 0.25) is 0 Å². The Hall–Kier alpha value is -5.71. The van der Waals surface area contributed by atoms with Gasteiger partial charge in [-0.25, -0.2) is 14.4 Å². The molecule has 0 fully saturated rings. The second kappa shape index (κ2) is 19.8. The molecule has 2 aromatic carbocycles. The largest absolute Gasteiger partial charge is 1.00 e. The molecule has 0 bridgehead atoms. The van der Waals surface area contributed by atoms with Gasteiger partial charge in [-0.3, -0.25) is 25.4 Å². The van der Waals surface area contributed by atoms with E-state index in [0.717, 1.165) is 11.1 Å². The number of carbonyl (C=O) groups excluding carboxylic acids is 5. The van der Waals surface area contributed by atoms with E-state index in [1.807, 2.05) is 60.7 Å². The third kappa shape index (κ3) is 15.2. The Morgan fingerprint density at radius 2 is 1.22 bits per heavy atom. The van der Waals surface area contributed by atoms with E-state index >= 15 is 0 Å². The van der Waals surface area contributed by atoms with Crippen molar-refractivity contribution in [1.82, 2.24) is 15.3 Å². The van der Waals surface area contributed by atoms with Gasteiger partial charge in [-0.05, 0) is 56.2 Å². The van der Waals surface area contributed by atoms with Crippen LogP contribution in [0.4, 0.5) is 25.8 Å². The van der Waals surface area contributed by atoms with Crippen molar-refractivity contribution in [2.75, 3.05) is 10.6 Å². The molecular weight excluding hydrogens is 629 g/mol. The molecule has 3 amide bonds. The van der Waals surface area contributed by atoms with Gasteiger partial charge in [0.2, 0.25) is 0 Å². The Labute approximate surface area is 294 Å². The summed E-state index contributed by atoms with van der Waals surface area (Å²) in [6.07, 6.45) is 1.10. The number of hydrogen-bond donors (Lipinski definition) is 3. The van der Waals surface area contributed by atoms with Gasteiger partial charge in [-0.2, -0.15) is 0 Å². The van der Waals surface area contributed by atoms with E-state index in [0.29, 0.717) is 23.4 Å². The molecule has 0 aliphatic carbocycles. The summed E-state index contributed by atoms with van der Waals surface area (Å²) >= 11 is 0. The van der Waals surface area contributed by atoms with Crippen molar-refractivity contribution in [2.24, 2.45) is 0 Å². The topological polar surface area (TPSA) is 198 Å². The van der Waals surface area contributed by atoms with Crippen LogP contribution < -0.4 is 39.9 Å². The number of carboxylic acids is 1. The van der Waals surface area contributed by atoms with E-state index in [2.05, 4.69) is 25.9 Å². The van der Waals surface area contributed by atoms with Gasteiger partial charge in [0.15, 0.2) is 6.29 Å². The van der Waals surface area contributed by atoms with Crippen LogP contribution in [0.1, 0.15) is 54.1 Å². The monoisotopic (exact) mass is 663 g/mol. The van der Waals surface area contributed by atoms with Gasteiger partial charge >= 0.3 is 37.1 Å². The number of nitrogens with zero attached hydrogens (tertiary/aromatic N) is 2. The number of ether oxygens (including phenoxy) is 3. The number of hydrogen-bond acceptors (Lipinski definition) is 11. The fraction of sp³-hybridized carbons (Fsp3) is 0.206. The Bertz CT molecular complexity index is 1650. The molecule has 0 saturated carbocycles. The number of amides is 3. The van der Waals surface area contributed by atoms with Crippen molar-refractivity contribution < 1.29 is 62.2 Å². The number of aromatic nitrogens is 2. The summed E-state index contributed by atoms with van der Waals surface area (Å²) in [5.74, 6) is -1.55. The molecule has 4 aromatic rings. The molecule has 0 radical (unpaired) electrons. The average molecular weight is 664 g/mol. The van der Waals surface area contributed by atoms with Gasteiger partial charge in [-0.15, -0.1) is 0 Å². The van der Waals surface area contributed by atoms with Crippen molar-refractivity contribution in [3.8, 4) is 0 Å². The number of carboxylic acid groups (broad SMARTS) is 1. The molecule has 2 aromatic heterocycles. The first-order chi connectivity index (χ1) is 22.9. The van der Waals surface area contributed by atoms with E-state index in [-0.39, 0.29) is 37.8 Å². The Morgan fingerprint density at radius 3 is 1.61 bits per heavy atom. The summed E-state index contributed by atoms with van der Waals surface area (Å²) in [5, 5.41) is 18.6. The van der Waals surface area contributed by atoms with E-state index in [9.17, 15) is 29.1 Å². The number of pyridine rings is 2. The number of alkyl carbamates (subject to hydrolysis) is 1. The zero-order valence-electron chi connectivity index (χ0n) is 27.4. The van der Waals surface area contributed by atoms with Gasteiger partial charge in [0.1, 0.15) is 30.6 Å². The number of aldehydes is 1. The van der Waals surface area contributed by atoms with Crippen LogP contribution in [0, 0.1) is 0 Å². The summed E-state index contributed by atoms with van der Waals surface area (Å²) in [4.78, 5) is 64.8. The number of aliphatic carboxylic acids is 1. The number of anilines is 2. The minimum atomic E-state index is -1.55. The van der Waals surface area contributed by atoms with E-state index in [1.54, 1.807) is 26.8 Å². The molecule has 1 unspecified atom stereocenters. The van der Waals surface area contributed by atoms with E-state index in [1.165, 1.54) is 30.6 Å². The zero-order chi connectivity index (χ0) is 34.9. The number of benzene rings is 2. The van der Waals surface area contributed by atoms with Crippen LogP contribution in [0.5, 0.6) is 0 Å². The molecule has 1 atom stereocenters. The molecule has 49 heavy (non-hydrogen) atoms. The third-order valence-electron chi connectivity index (χ3n) is 5.80. The zero-order valence-corrected chi connectivity index (χ0v) is 27.4. The molecule has 4 rings (SSSR count). The predicted molar refractivity (Wildman–Crippen MR) is 171 cm³/mol. The van der Waals surface area contributed by atoms with E-state index in [4.69, 9.17) is 14.2 Å². The Balaban J connectivity index is 0.000000361. The van der Waals surface area contributed by atoms with Gasteiger partial charge < -0.3 is 29.4 Å². The van der Waals surface area contributed by atoms with Crippen LogP contribution in [0.25, 0.3) is 0 Å². The molecule has 250 valence electrons. The second-order valence-corrected chi connectivity index (χ2v) is 10.8. The number of carbonyl (C=O) groups is 5. The van der Waals surface area contributed by atoms with Gasteiger partial charge in [0.05, 0.1) is 35.4 Å². The molecule has 0 aliphatic rings. The first-order valence-electron chi connectivity index (χ1n) is 14.4. The molecule has 3 N–H and O–H groups in total. The molecule has 0 aliphatic heterocycles. The standard InChI is InChI=1S/C20H23N3O6.C14H12N2O3.Li/c1-20(2,3)29-19(27)23-16(17(24)25)15-10-9-14(11-21-15)22-18(26)28-12-13-7-5-4-6-8-13;17-9-13-7-6-12(8-15-13)16-14(18)19-10-11-4-2-1-3-5-11;/h4-11,16H,12H2,1-3H3,(H,22,26)(H,23,27)(H,24,25);1-9H,10H2,(H,16,18);/q;;+1/p-1. The van der Waals surface area contributed by atoms with E-state index < -0.39 is 35.9 Å². The molecule has 15 heteroatoms. The smallest absolute Gasteiger partial charge is 0.547 e. The fourth-order valence-corrected chi connectivity index (χ4v) is 3.63. The van der Waals surface area contributed by atoms with Crippen molar-refractivity contribution in [2.45, 2.75) is 45.6 Å². The minimum Gasteiger partial charge on any atom is -0.547 e. The molecule has 14 nitrogen and oxygen atoms in total. The van der Waals surface area contributed by atoms with Crippen molar-refractivity contribution in [3.05, 3.63) is 120 Å². The maximum atomic E-state index is 11.9. The maximum Gasteiger partial charge on any atom is 1.00 e. The quantitative estimate of drug-likeness (QED) is 0.127. The molecular formula is C34H34LiN5O9. The van der Waals surface area contributed by atoms with Crippen molar-refractivity contribution in [1.29, 1.82) is 0 Å². The SMILES string of the molecule is CC(C)(C)OC(=O)NC(C(=O)[O-])c1ccc(NC(=O)OCc2ccccc2)cn1.O=Cc1ccc(NC(=O)OCc2ccccc2)cn1.[Li+]. The summed E-state index contributed by atoms with van der Waals surface area (Å²) in [6, 6.07) is 22.9. The summed E-state index contributed by atoms with van der Waals surface area (Å²) in [5.41, 5.74) is 2.04. The first kappa shape index (κ1) is 39.5.